The molecule has 0 amide bonds. The van der Waals surface area contributed by atoms with Gasteiger partial charge in [-0.3, -0.25) is 4.98 Å². The number of halogens is 1. The van der Waals surface area contributed by atoms with E-state index >= 15 is 0 Å². The van der Waals surface area contributed by atoms with Crippen molar-refractivity contribution in [3.63, 3.8) is 0 Å². The van der Waals surface area contributed by atoms with Crippen LogP contribution in [0, 0.1) is 0 Å². The standard InChI is InChI=1S/C17H19ClN2O2/c1-12(15-5-2-3-6-19-15)20-11-13-9-14(18)17-16(10-13)21-7-4-8-22-17/h2-3,5-6,9-10,12,20H,4,7-8,11H2,1H3. The van der Waals surface area contributed by atoms with Gasteiger partial charge in [0, 0.05) is 25.2 Å². The number of nitrogens with one attached hydrogen (secondary N) is 1. The summed E-state index contributed by atoms with van der Waals surface area (Å²) in [6, 6.07) is 10.00. The molecule has 0 spiro atoms. The molecule has 1 atom stereocenters. The third-order valence-corrected chi connectivity index (χ3v) is 3.89. The minimum absolute atomic E-state index is 0.163. The second-order valence-corrected chi connectivity index (χ2v) is 5.72. The molecule has 4 nitrogen and oxygen atoms in total. The van der Waals surface area contributed by atoms with Crippen LogP contribution in [0.4, 0.5) is 0 Å². The Bertz CT molecular complexity index is 634. The van der Waals surface area contributed by atoms with Crippen LogP contribution in [0.5, 0.6) is 11.5 Å². The van der Waals surface area contributed by atoms with Crippen molar-refractivity contribution in [3.8, 4) is 11.5 Å². The molecule has 1 aromatic carbocycles. The van der Waals surface area contributed by atoms with Gasteiger partial charge in [0.1, 0.15) is 0 Å². The van der Waals surface area contributed by atoms with Gasteiger partial charge in [-0.1, -0.05) is 17.7 Å². The highest BCUT2D eigenvalue weighted by Crippen LogP contribution is 2.38. The molecular formula is C17H19ClN2O2. The van der Waals surface area contributed by atoms with E-state index in [9.17, 15) is 0 Å². The smallest absolute Gasteiger partial charge is 0.179 e. The lowest BCUT2D eigenvalue weighted by Crippen LogP contribution is -2.19. The lowest BCUT2D eigenvalue weighted by atomic mass is 10.1. The number of hydrogen-bond acceptors (Lipinski definition) is 4. The number of fused-ring (bicyclic) bond motifs is 1. The van der Waals surface area contributed by atoms with Gasteiger partial charge in [0.15, 0.2) is 11.5 Å². The monoisotopic (exact) mass is 318 g/mol. The number of rotatable bonds is 4. The van der Waals surface area contributed by atoms with Crippen LogP contribution in [0.2, 0.25) is 5.02 Å². The van der Waals surface area contributed by atoms with Crippen LogP contribution in [-0.2, 0) is 6.54 Å². The van der Waals surface area contributed by atoms with E-state index in [4.69, 9.17) is 21.1 Å². The van der Waals surface area contributed by atoms with E-state index in [1.54, 1.807) is 6.20 Å². The van der Waals surface area contributed by atoms with E-state index in [0.717, 1.165) is 23.4 Å². The summed E-state index contributed by atoms with van der Waals surface area (Å²) >= 11 is 6.31. The van der Waals surface area contributed by atoms with E-state index < -0.39 is 0 Å². The van der Waals surface area contributed by atoms with Crippen molar-refractivity contribution in [2.45, 2.75) is 25.9 Å². The van der Waals surface area contributed by atoms with Crippen molar-refractivity contribution in [3.05, 3.63) is 52.8 Å². The van der Waals surface area contributed by atoms with Gasteiger partial charge in [0.2, 0.25) is 0 Å². The number of pyridine rings is 1. The molecule has 0 bridgehead atoms. The maximum Gasteiger partial charge on any atom is 0.179 e. The molecule has 5 heteroatoms. The first-order valence-electron chi connectivity index (χ1n) is 7.46. The maximum absolute atomic E-state index is 6.31. The molecular weight excluding hydrogens is 300 g/mol. The Kier molecular flexibility index (Phi) is 4.80. The minimum Gasteiger partial charge on any atom is -0.489 e. The lowest BCUT2D eigenvalue weighted by Gasteiger charge is -2.15. The molecule has 1 unspecified atom stereocenters. The van der Waals surface area contributed by atoms with Crippen LogP contribution >= 0.6 is 11.6 Å². The third-order valence-electron chi connectivity index (χ3n) is 3.61. The summed E-state index contributed by atoms with van der Waals surface area (Å²) in [6.45, 7) is 4.08. The molecule has 2 aromatic rings. The van der Waals surface area contributed by atoms with Gasteiger partial charge >= 0.3 is 0 Å². The Balaban J connectivity index is 1.70. The molecule has 1 N–H and O–H groups in total. The zero-order valence-corrected chi connectivity index (χ0v) is 13.3. The molecule has 116 valence electrons. The second kappa shape index (κ2) is 6.99. The highest BCUT2D eigenvalue weighted by Gasteiger charge is 2.16. The van der Waals surface area contributed by atoms with Gasteiger partial charge in [-0.15, -0.1) is 0 Å². The summed E-state index contributed by atoms with van der Waals surface area (Å²) in [5.41, 5.74) is 2.08. The fraction of sp³-hybridized carbons (Fsp3) is 0.353. The number of nitrogens with zero attached hydrogens (tertiary/aromatic N) is 1. The average Bonchev–Trinajstić information content (AvgIpc) is 2.79. The molecule has 0 saturated heterocycles. The summed E-state index contributed by atoms with van der Waals surface area (Å²) in [6.07, 6.45) is 2.67. The highest BCUT2D eigenvalue weighted by atomic mass is 35.5. The van der Waals surface area contributed by atoms with Gasteiger partial charge in [-0.05, 0) is 36.8 Å². The van der Waals surface area contributed by atoms with Crippen LogP contribution in [-0.4, -0.2) is 18.2 Å². The Labute approximate surface area is 135 Å². The number of aromatic nitrogens is 1. The van der Waals surface area contributed by atoms with Crippen molar-refractivity contribution in [2.75, 3.05) is 13.2 Å². The predicted octanol–water partition coefficient (Wildman–Crippen LogP) is 3.75. The molecule has 1 aromatic heterocycles. The predicted molar refractivity (Wildman–Crippen MR) is 86.6 cm³/mol. The first-order valence-corrected chi connectivity index (χ1v) is 7.84. The van der Waals surface area contributed by atoms with Crippen LogP contribution < -0.4 is 14.8 Å². The van der Waals surface area contributed by atoms with Crippen molar-refractivity contribution in [1.29, 1.82) is 0 Å². The van der Waals surface area contributed by atoms with Crippen LogP contribution in [0.25, 0.3) is 0 Å². The Morgan fingerprint density at radius 2 is 2.14 bits per heavy atom. The normalized spacial score (nSPS) is 15.2. The number of benzene rings is 1. The maximum atomic E-state index is 6.31. The molecule has 0 fully saturated rings. The Morgan fingerprint density at radius 3 is 2.95 bits per heavy atom. The van der Waals surface area contributed by atoms with Crippen LogP contribution in [0.15, 0.2) is 36.5 Å². The SMILES string of the molecule is CC(NCc1cc(Cl)c2c(c1)OCCCO2)c1ccccn1. The molecule has 22 heavy (non-hydrogen) atoms. The quantitative estimate of drug-likeness (QED) is 0.932. The lowest BCUT2D eigenvalue weighted by molar-refractivity contribution is 0.297. The highest BCUT2D eigenvalue weighted by molar-refractivity contribution is 6.32. The van der Waals surface area contributed by atoms with E-state index in [-0.39, 0.29) is 6.04 Å². The van der Waals surface area contributed by atoms with Crippen LogP contribution in [0.1, 0.15) is 30.6 Å². The van der Waals surface area contributed by atoms with Gasteiger partial charge in [0.25, 0.3) is 0 Å². The summed E-state index contributed by atoms with van der Waals surface area (Å²) in [4.78, 5) is 4.36. The number of hydrogen-bond donors (Lipinski definition) is 1. The van der Waals surface area contributed by atoms with Crippen molar-refractivity contribution in [2.24, 2.45) is 0 Å². The topological polar surface area (TPSA) is 43.4 Å². The van der Waals surface area contributed by atoms with Crippen molar-refractivity contribution < 1.29 is 9.47 Å². The molecule has 0 aliphatic carbocycles. The van der Waals surface area contributed by atoms with E-state index in [1.165, 1.54) is 0 Å². The van der Waals surface area contributed by atoms with E-state index in [1.807, 2.05) is 30.3 Å². The zero-order valence-electron chi connectivity index (χ0n) is 12.5. The Hall–Kier alpha value is -1.78. The average molecular weight is 319 g/mol. The summed E-state index contributed by atoms with van der Waals surface area (Å²) in [5, 5.41) is 4.05. The fourth-order valence-electron chi connectivity index (χ4n) is 2.39. The Morgan fingerprint density at radius 1 is 1.27 bits per heavy atom. The molecule has 0 radical (unpaired) electrons. The third kappa shape index (κ3) is 3.51. The molecule has 1 aliphatic heterocycles. The molecule has 3 rings (SSSR count). The second-order valence-electron chi connectivity index (χ2n) is 5.31. The van der Waals surface area contributed by atoms with E-state index in [2.05, 4.69) is 17.2 Å². The number of ether oxygens (including phenoxy) is 2. The van der Waals surface area contributed by atoms with Crippen molar-refractivity contribution >= 4 is 11.6 Å². The van der Waals surface area contributed by atoms with E-state index in [0.29, 0.717) is 30.5 Å². The first-order chi connectivity index (χ1) is 10.7. The summed E-state index contributed by atoms with van der Waals surface area (Å²) in [7, 11) is 0. The molecule has 1 aliphatic rings. The molecule has 0 saturated carbocycles. The first kappa shape index (κ1) is 15.1. The summed E-state index contributed by atoms with van der Waals surface area (Å²) < 4.78 is 11.4. The van der Waals surface area contributed by atoms with Gasteiger partial charge in [0.05, 0.1) is 23.9 Å². The summed E-state index contributed by atoms with van der Waals surface area (Å²) in [5.74, 6) is 1.38. The van der Waals surface area contributed by atoms with Crippen LogP contribution in [0.3, 0.4) is 0 Å². The molecule has 2 heterocycles. The largest absolute Gasteiger partial charge is 0.489 e. The van der Waals surface area contributed by atoms with Gasteiger partial charge in [-0.25, -0.2) is 0 Å². The fourth-order valence-corrected chi connectivity index (χ4v) is 2.68. The van der Waals surface area contributed by atoms with Gasteiger partial charge in [-0.2, -0.15) is 0 Å². The van der Waals surface area contributed by atoms with Crippen molar-refractivity contribution in [1.82, 2.24) is 10.3 Å². The van der Waals surface area contributed by atoms with Gasteiger partial charge < -0.3 is 14.8 Å². The zero-order chi connectivity index (χ0) is 15.4. The minimum atomic E-state index is 0.163.